The maximum Gasteiger partial charge on any atom is 0.338 e. The zero-order valence-corrected chi connectivity index (χ0v) is 16.3. The average Bonchev–Trinajstić information content (AvgIpc) is 2.70. The zero-order valence-electron chi connectivity index (χ0n) is 16.3. The summed E-state index contributed by atoms with van der Waals surface area (Å²) in [6.07, 6.45) is 0. The molecule has 1 amide bonds. The molecule has 0 saturated carbocycles. The summed E-state index contributed by atoms with van der Waals surface area (Å²) in [7, 11) is 1.46. The summed E-state index contributed by atoms with van der Waals surface area (Å²) < 4.78 is 15.9. The summed E-state index contributed by atoms with van der Waals surface area (Å²) in [5, 5.41) is 13.1. The van der Waals surface area contributed by atoms with Gasteiger partial charge >= 0.3 is 5.97 Å². The van der Waals surface area contributed by atoms with Crippen LogP contribution >= 0.6 is 0 Å². The molecule has 0 unspecified atom stereocenters. The molecule has 0 heterocycles. The van der Waals surface area contributed by atoms with E-state index in [-0.39, 0.29) is 11.3 Å². The second-order valence-corrected chi connectivity index (χ2v) is 6.50. The molecule has 0 fully saturated rings. The Hall–Kier alpha value is -3.62. The van der Waals surface area contributed by atoms with Gasteiger partial charge in [-0.2, -0.15) is 0 Å². The number of rotatable bonds is 9. The lowest BCUT2D eigenvalue weighted by Crippen LogP contribution is -2.21. The predicted octanol–water partition coefficient (Wildman–Crippen LogP) is 3.43. The van der Waals surface area contributed by atoms with Crippen LogP contribution in [0.15, 0.2) is 42.5 Å². The number of hydrogen-bond donors (Lipinski definition) is 1. The normalized spacial score (nSPS) is 10.3. The number of nitrogens with one attached hydrogen (secondary N) is 1. The first-order valence-electron chi connectivity index (χ1n) is 8.82. The fourth-order valence-electron chi connectivity index (χ4n) is 2.25. The Morgan fingerprint density at radius 3 is 2.38 bits per heavy atom. The van der Waals surface area contributed by atoms with E-state index < -0.39 is 23.4 Å². The van der Waals surface area contributed by atoms with Gasteiger partial charge in [0.15, 0.2) is 18.1 Å². The van der Waals surface area contributed by atoms with E-state index in [0.717, 1.165) is 0 Å². The number of amides is 1. The van der Waals surface area contributed by atoms with Gasteiger partial charge in [-0.1, -0.05) is 13.8 Å². The van der Waals surface area contributed by atoms with Crippen molar-refractivity contribution in [3.8, 4) is 11.5 Å². The van der Waals surface area contributed by atoms with Gasteiger partial charge in [0.2, 0.25) is 0 Å². The smallest absolute Gasteiger partial charge is 0.338 e. The minimum Gasteiger partial charge on any atom is -0.493 e. The molecule has 9 nitrogen and oxygen atoms in total. The molecule has 0 aliphatic heterocycles. The van der Waals surface area contributed by atoms with Crippen molar-refractivity contribution in [2.45, 2.75) is 13.8 Å². The maximum absolute atomic E-state index is 12.2. The number of nitrogens with zero attached hydrogens (tertiary/aromatic N) is 1. The summed E-state index contributed by atoms with van der Waals surface area (Å²) in [5.41, 5.74) is 0.469. The summed E-state index contributed by atoms with van der Waals surface area (Å²) in [4.78, 5) is 34.2. The maximum atomic E-state index is 12.2. The average molecular weight is 402 g/mol. The summed E-state index contributed by atoms with van der Waals surface area (Å²) in [6.45, 7) is 4.02. The van der Waals surface area contributed by atoms with Crippen LogP contribution in [0.25, 0.3) is 0 Å². The molecule has 29 heavy (non-hydrogen) atoms. The second-order valence-electron chi connectivity index (χ2n) is 6.50. The first-order valence-corrected chi connectivity index (χ1v) is 8.82. The highest BCUT2D eigenvalue weighted by atomic mass is 16.6. The van der Waals surface area contributed by atoms with Crippen molar-refractivity contribution in [2.75, 3.05) is 25.6 Å². The molecule has 0 spiro atoms. The number of ether oxygens (including phenoxy) is 3. The Kier molecular flexibility index (Phi) is 7.53. The molecule has 0 atom stereocenters. The van der Waals surface area contributed by atoms with Crippen molar-refractivity contribution >= 4 is 23.3 Å². The molecule has 0 saturated heterocycles. The van der Waals surface area contributed by atoms with Crippen molar-refractivity contribution in [1.82, 2.24) is 0 Å². The number of nitro benzene ring substituents is 1. The molecule has 9 heteroatoms. The Morgan fingerprint density at radius 2 is 1.79 bits per heavy atom. The molecule has 2 aromatic rings. The Morgan fingerprint density at radius 1 is 1.10 bits per heavy atom. The summed E-state index contributed by atoms with van der Waals surface area (Å²) >= 11 is 0. The van der Waals surface area contributed by atoms with Crippen molar-refractivity contribution in [1.29, 1.82) is 0 Å². The van der Waals surface area contributed by atoms with Gasteiger partial charge in [0, 0.05) is 17.8 Å². The van der Waals surface area contributed by atoms with E-state index in [2.05, 4.69) is 5.32 Å². The highest BCUT2D eigenvalue weighted by Gasteiger charge is 2.15. The highest BCUT2D eigenvalue weighted by Crippen LogP contribution is 2.28. The fourth-order valence-corrected chi connectivity index (χ4v) is 2.25. The van der Waals surface area contributed by atoms with E-state index in [1.165, 1.54) is 43.5 Å². The number of non-ortho nitro benzene ring substituents is 1. The molecule has 0 aromatic heterocycles. The molecule has 0 radical (unpaired) electrons. The van der Waals surface area contributed by atoms with Gasteiger partial charge in [0.05, 0.1) is 24.2 Å². The monoisotopic (exact) mass is 402 g/mol. The van der Waals surface area contributed by atoms with Crippen LogP contribution in [-0.4, -0.2) is 37.1 Å². The van der Waals surface area contributed by atoms with E-state index >= 15 is 0 Å². The molecule has 0 aliphatic rings. The molecular weight excluding hydrogens is 380 g/mol. The van der Waals surface area contributed by atoms with Gasteiger partial charge in [-0.3, -0.25) is 14.9 Å². The van der Waals surface area contributed by atoms with Crippen LogP contribution < -0.4 is 14.8 Å². The van der Waals surface area contributed by atoms with Crippen molar-refractivity contribution in [3.05, 3.63) is 58.1 Å². The second kappa shape index (κ2) is 10.1. The van der Waals surface area contributed by atoms with E-state index in [4.69, 9.17) is 14.2 Å². The van der Waals surface area contributed by atoms with Crippen LogP contribution in [0.2, 0.25) is 0 Å². The molecule has 2 rings (SSSR count). The van der Waals surface area contributed by atoms with Gasteiger partial charge in [-0.25, -0.2) is 4.79 Å². The number of esters is 1. The molecule has 0 bridgehead atoms. The van der Waals surface area contributed by atoms with Crippen LogP contribution in [0.4, 0.5) is 11.4 Å². The third-order valence-electron chi connectivity index (χ3n) is 3.67. The molecule has 2 aromatic carbocycles. The Labute approximate surface area is 167 Å². The number of carbonyl (C=O) groups is 2. The van der Waals surface area contributed by atoms with Crippen molar-refractivity contribution in [2.24, 2.45) is 5.92 Å². The number of nitro groups is 1. The fraction of sp³-hybridized carbons (Fsp3) is 0.300. The van der Waals surface area contributed by atoms with E-state index in [0.29, 0.717) is 29.7 Å². The largest absolute Gasteiger partial charge is 0.493 e. The van der Waals surface area contributed by atoms with Gasteiger partial charge in [-0.05, 0) is 36.2 Å². The highest BCUT2D eigenvalue weighted by molar-refractivity contribution is 5.95. The minimum atomic E-state index is -0.697. The molecule has 1 N–H and O–H groups in total. The van der Waals surface area contributed by atoms with Crippen LogP contribution in [0.3, 0.4) is 0 Å². The van der Waals surface area contributed by atoms with Crippen LogP contribution in [0, 0.1) is 16.0 Å². The van der Waals surface area contributed by atoms with Crippen LogP contribution in [0.1, 0.15) is 24.2 Å². The van der Waals surface area contributed by atoms with Crippen LogP contribution in [0.5, 0.6) is 11.5 Å². The number of hydrogen-bond acceptors (Lipinski definition) is 7. The molecule has 154 valence electrons. The lowest BCUT2D eigenvalue weighted by Gasteiger charge is -2.13. The van der Waals surface area contributed by atoms with E-state index in [9.17, 15) is 19.7 Å². The van der Waals surface area contributed by atoms with Gasteiger partial charge < -0.3 is 19.5 Å². The number of carbonyl (C=O) groups excluding carboxylic acids is 2. The summed E-state index contributed by atoms with van der Waals surface area (Å²) in [6, 6.07) is 9.90. The SMILES string of the molecule is COc1cc(C(=O)OCC(=O)Nc2ccc([N+](=O)[O-])cc2)ccc1OCC(C)C. The standard InChI is InChI=1S/C20H22N2O7/c1-13(2)11-28-17-9-4-14(10-18(17)27-3)20(24)29-12-19(23)21-15-5-7-16(8-6-15)22(25)26/h4-10,13H,11-12H2,1-3H3,(H,21,23). The number of anilines is 1. The van der Waals surface area contributed by atoms with Crippen molar-refractivity contribution < 1.29 is 28.7 Å². The zero-order chi connectivity index (χ0) is 21.4. The van der Waals surface area contributed by atoms with Crippen molar-refractivity contribution in [3.63, 3.8) is 0 Å². The first-order chi connectivity index (χ1) is 13.8. The van der Waals surface area contributed by atoms with Crippen LogP contribution in [-0.2, 0) is 9.53 Å². The third-order valence-corrected chi connectivity index (χ3v) is 3.67. The Bertz CT molecular complexity index is 879. The summed E-state index contributed by atoms with van der Waals surface area (Å²) in [5.74, 6) is -0.0451. The lowest BCUT2D eigenvalue weighted by molar-refractivity contribution is -0.384. The molecular formula is C20H22N2O7. The molecule has 0 aliphatic carbocycles. The topological polar surface area (TPSA) is 117 Å². The van der Waals surface area contributed by atoms with Gasteiger partial charge in [-0.15, -0.1) is 0 Å². The number of methoxy groups -OCH3 is 1. The van der Waals surface area contributed by atoms with E-state index in [1.54, 1.807) is 6.07 Å². The van der Waals surface area contributed by atoms with E-state index in [1.807, 2.05) is 13.8 Å². The van der Waals surface area contributed by atoms with Gasteiger partial charge in [0.25, 0.3) is 11.6 Å². The van der Waals surface area contributed by atoms with Gasteiger partial charge in [0.1, 0.15) is 0 Å². The predicted molar refractivity (Wildman–Crippen MR) is 105 cm³/mol. The minimum absolute atomic E-state index is 0.0933. The Balaban J connectivity index is 1.92. The number of benzene rings is 2. The third kappa shape index (κ3) is 6.49. The quantitative estimate of drug-likeness (QED) is 0.388. The lowest BCUT2D eigenvalue weighted by atomic mass is 10.2. The first kappa shape index (κ1) is 21.7.